The van der Waals surface area contributed by atoms with Crippen molar-refractivity contribution in [2.75, 3.05) is 32.8 Å². The van der Waals surface area contributed by atoms with E-state index in [0.29, 0.717) is 32.6 Å². The maximum Gasteiger partial charge on any atom is 0.247 e. The lowest BCUT2D eigenvalue weighted by atomic mass is 9.78. The topological polar surface area (TPSA) is 81.2 Å². The zero-order valence-electron chi connectivity index (χ0n) is 21.5. The van der Waals surface area contributed by atoms with Crippen LogP contribution in [-0.4, -0.2) is 92.4 Å². The number of fused-ring (bicyclic) bond motifs is 2. The molecule has 36 heavy (non-hydrogen) atoms. The smallest absolute Gasteiger partial charge is 0.247 e. The average Bonchev–Trinajstić information content (AvgIpc) is 3.20. The highest BCUT2D eigenvalue weighted by Gasteiger charge is 2.71. The molecule has 7 nitrogen and oxygen atoms in total. The van der Waals surface area contributed by atoms with Crippen molar-refractivity contribution in [3.8, 4) is 0 Å². The van der Waals surface area contributed by atoms with Crippen LogP contribution in [0.3, 0.4) is 0 Å². The Morgan fingerprint density at radius 1 is 0.972 bits per heavy atom. The second kappa shape index (κ2) is 10.9. The summed E-state index contributed by atoms with van der Waals surface area (Å²) in [6.45, 7) is 4.57. The van der Waals surface area contributed by atoms with Crippen LogP contribution in [0, 0.1) is 11.8 Å². The maximum atomic E-state index is 14.4. The predicted octanol–water partition coefficient (Wildman–Crippen LogP) is 2.99. The molecule has 1 saturated carbocycles. The molecule has 1 spiro atoms. The lowest BCUT2D eigenvalue weighted by Gasteiger charge is -2.39. The van der Waals surface area contributed by atoms with Gasteiger partial charge in [-0.15, -0.1) is 11.8 Å². The Morgan fingerprint density at radius 2 is 1.78 bits per heavy atom. The van der Waals surface area contributed by atoms with E-state index < -0.39 is 22.6 Å². The monoisotopic (exact) mass is 515 g/mol. The van der Waals surface area contributed by atoms with E-state index >= 15 is 0 Å². The summed E-state index contributed by atoms with van der Waals surface area (Å²) in [5.41, 5.74) is 0. The SMILES string of the molecule is CCCN1CC=C[C@H]2S[C@]34C=CCN(C5CCCCC5)C(=O)C3N(CCCCCO)C(=O)[C@@H]4[C@H]2C1=O. The molecule has 2 saturated heterocycles. The summed E-state index contributed by atoms with van der Waals surface area (Å²) in [5, 5.41) is 9.15. The van der Waals surface area contributed by atoms with Crippen LogP contribution in [0.1, 0.15) is 64.7 Å². The molecule has 8 heteroatoms. The van der Waals surface area contributed by atoms with Gasteiger partial charge in [-0.05, 0) is 38.5 Å². The minimum atomic E-state index is -0.709. The number of nitrogens with zero attached hydrogens (tertiary/aromatic N) is 3. The van der Waals surface area contributed by atoms with Crippen molar-refractivity contribution in [1.29, 1.82) is 0 Å². The van der Waals surface area contributed by atoms with Crippen molar-refractivity contribution in [3.63, 3.8) is 0 Å². The number of rotatable bonds is 8. The van der Waals surface area contributed by atoms with E-state index in [1.165, 1.54) is 6.42 Å². The molecule has 1 aliphatic carbocycles. The van der Waals surface area contributed by atoms with Gasteiger partial charge in [-0.2, -0.15) is 0 Å². The highest BCUT2D eigenvalue weighted by atomic mass is 32.2. The van der Waals surface area contributed by atoms with Crippen molar-refractivity contribution in [3.05, 3.63) is 24.3 Å². The van der Waals surface area contributed by atoms with Crippen LogP contribution in [-0.2, 0) is 14.4 Å². The van der Waals surface area contributed by atoms with E-state index in [2.05, 4.69) is 31.2 Å². The highest BCUT2D eigenvalue weighted by molar-refractivity contribution is 8.02. The summed E-state index contributed by atoms with van der Waals surface area (Å²) in [6, 6.07) is -0.336. The molecule has 0 aromatic heterocycles. The molecule has 4 heterocycles. The van der Waals surface area contributed by atoms with Crippen molar-refractivity contribution in [2.45, 2.75) is 86.8 Å². The third-order valence-corrected chi connectivity index (χ3v) is 10.6. The van der Waals surface area contributed by atoms with E-state index in [1.54, 1.807) is 11.8 Å². The minimum Gasteiger partial charge on any atom is -0.396 e. The van der Waals surface area contributed by atoms with Crippen molar-refractivity contribution in [2.24, 2.45) is 11.8 Å². The summed E-state index contributed by atoms with van der Waals surface area (Å²) in [6.07, 6.45) is 17.1. The Bertz CT molecular complexity index is 916. The van der Waals surface area contributed by atoms with Crippen LogP contribution in [0.4, 0.5) is 0 Å². The molecule has 5 rings (SSSR count). The third-order valence-electron chi connectivity index (χ3n) is 8.84. The third kappa shape index (κ3) is 4.32. The van der Waals surface area contributed by atoms with E-state index in [0.717, 1.165) is 44.9 Å². The number of hydrogen-bond acceptors (Lipinski definition) is 5. The maximum absolute atomic E-state index is 14.4. The normalized spacial score (nSPS) is 34.6. The van der Waals surface area contributed by atoms with Crippen LogP contribution in [0.2, 0.25) is 0 Å². The molecule has 5 atom stereocenters. The predicted molar refractivity (Wildman–Crippen MR) is 141 cm³/mol. The summed E-state index contributed by atoms with van der Waals surface area (Å²) in [5.74, 6) is -0.860. The van der Waals surface area contributed by atoms with E-state index in [9.17, 15) is 19.5 Å². The van der Waals surface area contributed by atoms with Crippen LogP contribution in [0.15, 0.2) is 24.3 Å². The molecule has 1 N–H and O–H groups in total. The van der Waals surface area contributed by atoms with Crippen LogP contribution < -0.4 is 0 Å². The molecule has 1 unspecified atom stereocenters. The van der Waals surface area contributed by atoms with Crippen LogP contribution >= 0.6 is 11.8 Å². The fourth-order valence-electron chi connectivity index (χ4n) is 7.21. The number of aliphatic hydroxyl groups is 1. The molecule has 3 amide bonds. The number of carbonyl (C=O) groups excluding carboxylic acids is 3. The molecule has 4 aliphatic heterocycles. The second-order valence-corrected chi connectivity index (χ2v) is 12.5. The Kier molecular flexibility index (Phi) is 7.82. The Morgan fingerprint density at radius 3 is 2.53 bits per heavy atom. The van der Waals surface area contributed by atoms with Gasteiger partial charge in [0.15, 0.2) is 0 Å². The largest absolute Gasteiger partial charge is 0.396 e. The van der Waals surface area contributed by atoms with Gasteiger partial charge in [0.25, 0.3) is 0 Å². The van der Waals surface area contributed by atoms with Crippen molar-refractivity contribution in [1.82, 2.24) is 14.7 Å². The summed E-state index contributed by atoms with van der Waals surface area (Å²) in [7, 11) is 0. The van der Waals surface area contributed by atoms with Gasteiger partial charge in [-0.3, -0.25) is 14.4 Å². The lowest BCUT2D eigenvalue weighted by molar-refractivity contribution is -0.145. The number of hydrogen-bond donors (Lipinski definition) is 1. The first kappa shape index (κ1) is 25.8. The standard InChI is InChI=1S/C28H41N3O4S/c1-2-15-29-16-9-13-21-22(25(29)33)23-26(34)31(17-7-4-8-19-32)24-27(35)30(20-11-5-3-6-12-20)18-10-14-28(23,24)36-21/h9-10,13-14,20-24,32H,2-8,11-12,15-19H2,1H3/t21-,22+,23+,24?,28+/m1/s1. The van der Waals surface area contributed by atoms with Crippen molar-refractivity contribution >= 4 is 29.5 Å². The highest BCUT2D eigenvalue weighted by Crippen LogP contribution is 2.61. The Hall–Kier alpha value is -1.80. The van der Waals surface area contributed by atoms with E-state index in [4.69, 9.17) is 0 Å². The number of aliphatic hydroxyl groups excluding tert-OH is 1. The van der Waals surface area contributed by atoms with Gasteiger partial charge in [-0.25, -0.2) is 0 Å². The van der Waals surface area contributed by atoms with Crippen LogP contribution in [0.5, 0.6) is 0 Å². The van der Waals surface area contributed by atoms with E-state index in [1.807, 2.05) is 14.7 Å². The number of amides is 3. The Labute approximate surface area is 219 Å². The number of carbonyl (C=O) groups is 3. The van der Waals surface area contributed by atoms with Gasteiger partial charge in [0.1, 0.15) is 6.04 Å². The lowest BCUT2D eigenvalue weighted by Crippen LogP contribution is -2.55. The first-order valence-corrected chi connectivity index (χ1v) is 14.9. The number of thioether (sulfide) groups is 1. The van der Waals surface area contributed by atoms with Gasteiger partial charge in [0.05, 0.1) is 16.6 Å². The summed E-state index contributed by atoms with van der Waals surface area (Å²) in [4.78, 5) is 48.1. The molecular weight excluding hydrogens is 474 g/mol. The fourth-order valence-corrected chi connectivity index (χ4v) is 9.22. The second-order valence-electron chi connectivity index (χ2n) is 11.1. The Balaban J connectivity index is 1.52. The molecule has 0 aromatic rings. The first-order valence-electron chi connectivity index (χ1n) is 14.1. The molecule has 3 fully saturated rings. The van der Waals surface area contributed by atoms with Gasteiger partial charge in [-0.1, -0.05) is 50.5 Å². The number of unbranched alkanes of at least 4 members (excludes halogenated alkanes) is 2. The zero-order chi connectivity index (χ0) is 25.3. The van der Waals surface area contributed by atoms with Gasteiger partial charge in [0.2, 0.25) is 17.7 Å². The molecule has 0 aromatic carbocycles. The van der Waals surface area contributed by atoms with Gasteiger partial charge in [0, 0.05) is 44.1 Å². The molecule has 5 aliphatic rings. The van der Waals surface area contributed by atoms with Crippen LogP contribution in [0.25, 0.3) is 0 Å². The van der Waals surface area contributed by atoms with Crippen molar-refractivity contribution < 1.29 is 19.5 Å². The minimum absolute atomic E-state index is 0.0346. The van der Waals surface area contributed by atoms with E-state index in [-0.39, 0.29) is 35.6 Å². The average molecular weight is 516 g/mol. The summed E-state index contributed by atoms with van der Waals surface area (Å²) >= 11 is 1.68. The van der Waals surface area contributed by atoms with Gasteiger partial charge >= 0.3 is 0 Å². The molecule has 0 radical (unpaired) electrons. The molecule has 0 bridgehead atoms. The first-order chi connectivity index (χ1) is 17.5. The number of likely N-dealkylation sites (tertiary alicyclic amines) is 1. The molecular formula is C28H41N3O4S. The van der Waals surface area contributed by atoms with Gasteiger partial charge < -0.3 is 19.8 Å². The zero-order valence-corrected chi connectivity index (χ0v) is 22.3. The molecule has 198 valence electrons. The fraction of sp³-hybridized carbons (Fsp3) is 0.750. The quantitative estimate of drug-likeness (QED) is 0.397. The summed E-state index contributed by atoms with van der Waals surface area (Å²) < 4.78 is -0.709.